The molecule has 0 aliphatic carbocycles. The number of carboxylic acids is 1. The van der Waals surface area contributed by atoms with Gasteiger partial charge in [0.05, 0.1) is 0 Å². The number of carbonyl (C=O) groups is 1. The van der Waals surface area contributed by atoms with Gasteiger partial charge in [-0.05, 0) is 0 Å². The maximum atomic E-state index is 10.4. The molecule has 0 amide bonds. The summed E-state index contributed by atoms with van der Waals surface area (Å²) < 4.78 is 10.4. The van der Waals surface area contributed by atoms with Crippen LogP contribution in [0.25, 0.3) is 0 Å². The van der Waals surface area contributed by atoms with Crippen molar-refractivity contribution < 1.29 is 14.5 Å². The third-order valence-electron chi connectivity index (χ3n) is 1.99. The van der Waals surface area contributed by atoms with Crippen LogP contribution >= 0.6 is 7.92 Å². The fourth-order valence-corrected chi connectivity index (χ4v) is 1.60. The van der Waals surface area contributed by atoms with Gasteiger partial charge in [-0.1, -0.05) is 0 Å². The number of hydrogen-bond donors (Lipinski definition) is 2. The molecule has 1 atom stereocenters. The molecule has 2 N–H and O–H groups in total. The van der Waals surface area contributed by atoms with Crippen molar-refractivity contribution in [2.75, 3.05) is 6.54 Å². The molecule has 1 aromatic carbocycles. The first-order chi connectivity index (χ1) is 7.72. The summed E-state index contributed by atoms with van der Waals surface area (Å²) in [5.41, 5.74) is 3.67. The van der Waals surface area contributed by atoms with Crippen LogP contribution in [0.5, 0.6) is 0 Å². The first kappa shape index (κ1) is 12.7. The molecule has 0 aliphatic heterocycles. The van der Waals surface area contributed by atoms with E-state index in [1.807, 2.05) is 30.3 Å². The molecule has 0 aliphatic rings. The van der Waals surface area contributed by atoms with E-state index in [-0.39, 0.29) is 20.5 Å². The molecule has 0 radical (unpaired) electrons. The number of nitrogens with one attached hydrogen (secondary N) is 1. The van der Waals surface area contributed by atoms with E-state index in [0.717, 1.165) is 5.56 Å². The van der Waals surface area contributed by atoms with E-state index in [9.17, 15) is 9.36 Å². The second-order valence-corrected chi connectivity index (χ2v) is 3.68. The average Bonchev–Trinajstić information content (AvgIpc) is 2.27. The summed E-state index contributed by atoms with van der Waals surface area (Å²) in [5.74, 6) is -0.942. The molecule has 1 unspecified atom stereocenters. The Labute approximate surface area is 94.8 Å². The topological polar surface area (TPSA) is 66.4 Å². The van der Waals surface area contributed by atoms with E-state index in [1.165, 1.54) is 0 Å². The first-order valence-electron chi connectivity index (χ1n) is 4.79. The Morgan fingerprint density at radius 3 is 2.69 bits per heavy atom. The van der Waals surface area contributed by atoms with E-state index in [2.05, 4.69) is 10.9 Å². The molecule has 1 aromatic rings. The second kappa shape index (κ2) is 7.02. The van der Waals surface area contributed by atoms with E-state index in [4.69, 9.17) is 5.11 Å². The number of benzene rings is 1. The zero-order chi connectivity index (χ0) is 11.8. The number of carboxylic acid groups (broad SMARTS) is 1. The van der Waals surface area contributed by atoms with Crippen molar-refractivity contribution >= 4 is 13.9 Å². The van der Waals surface area contributed by atoms with Gasteiger partial charge in [-0.15, -0.1) is 0 Å². The molecule has 0 spiro atoms. The molecule has 0 heterocycles. The second-order valence-electron chi connectivity index (χ2n) is 3.24. The van der Waals surface area contributed by atoms with Gasteiger partial charge >= 0.3 is 94.2 Å². The molecular weight excluding hydrogens is 225 g/mol. The van der Waals surface area contributed by atoms with Crippen molar-refractivity contribution in [3.63, 3.8) is 0 Å². The van der Waals surface area contributed by atoms with Crippen molar-refractivity contribution in [3.05, 3.63) is 35.9 Å². The van der Waals surface area contributed by atoms with Crippen LogP contribution in [0.4, 0.5) is 0 Å². The van der Waals surface area contributed by atoms with E-state index >= 15 is 0 Å². The Hall–Kier alpha value is -1.34. The molecule has 0 saturated carbocycles. The zero-order valence-corrected chi connectivity index (χ0v) is 9.48. The minimum absolute atomic E-state index is 0.167. The first-order valence-corrected chi connectivity index (χ1v) is 5.60. The number of rotatable bonds is 5. The van der Waals surface area contributed by atoms with Crippen molar-refractivity contribution in [2.45, 2.75) is 12.5 Å². The molecular formula is C11H12NO3P. The minimum atomic E-state index is -0.942. The van der Waals surface area contributed by atoms with Gasteiger partial charge in [0.15, 0.2) is 0 Å². The molecule has 1 rings (SSSR count). The van der Waals surface area contributed by atoms with Crippen molar-refractivity contribution in [3.8, 4) is 5.63 Å². The predicted molar refractivity (Wildman–Crippen MR) is 61.1 cm³/mol. The van der Waals surface area contributed by atoms with Crippen LogP contribution in [0.15, 0.2) is 30.3 Å². The SMILES string of the molecule is O=P#CC(Cc1ccccc1)NCC(=O)O. The Kier molecular flexibility index (Phi) is 5.58. The zero-order valence-electron chi connectivity index (χ0n) is 8.59. The number of hydrogen-bond acceptors (Lipinski definition) is 3. The van der Waals surface area contributed by atoms with Crippen molar-refractivity contribution in [1.29, 1.82) is 0 Å². The maximum absolute atomic E-state index is 10.4. The summed E-state index contributed by atoms with van der Waals surface area (Å²) in [6.07, 6.45) is 0.573. The summed E-state index contributed by atoms with van der Waals surface area (Å²) in [4.78, 5) is 10.4. The van der Waals surface area contributed by atoms with Gasteiger partial charge in [-0.2, -0.15) is 0 Å². The summed E-state index contributed by atoms with van der Waals surface area (Å²) in [6.45, 7) is -0.167. The van der Waals surface area contributed by atoms with Gasteiger partial charge in [0.25, 0.3) is 0 Å². The molecule has 5 heteroatoms. The monoisotopic (exact) mass is 237 g/mol. The molecule has 0 bridgehead atoms. The third-order valence-corrected chi connectivity index (χ3v) is 2.41. The van der Waals surface area contributed by atoms with Gasteiger partial charge in [0, 0.05) is 0 Å². The van der Waals surface area contributed by atoms with E-state index in [0.29, 0.717) is 6.42 Å². The van der Waals surface area contributed by atoms with Gasteiger partial charge in [-0.3, -0.25) is 0 Å². The van der Waals surface area contributed by atoms with Gasteiger partial charge in [0.1, 0.15) is 0 Å². The van der Waals surface area contributed by atoms with Crippen LogP contribution in [0, 0.1) is 5.63 Å². The van der Waals surface area contributed by atoms with Gasteiger partial charge < -0.3 is 0 Å². The Balaban J connectivity index is 2.60. The van der Waals surface area contributed by atoms with Crippen LogP contribution in [-0.2, 0) is 15.8 Å². The van der Waals surface area contributed by atoms with Crippen molar-refractivity contribution in [2.24, 2.45) is 0 Å². The van der Waals surface area contributed by atoms with Gasteiger partial charge in [-0.25, -0.2) is 0 Å². The Morgan fingerprint density at radius 1 is 1.44 bits per heavy atom. The third kappa shape index (κ3) is 4.94. The fourth-order valence-electron chi connectivity index (χ4n) is 1.29. The van der Waals surface area contributed by atoms with Crippen LogP contribution in [-0.4, -0.2) is 23.7 Å². The molecule has 16 heavy (non-hydrogen) atoms. The van der Waals surface area contributed by atoms with E-state index in [1.54, 1.807) is 0 Å². The van der Waals surface area contributed by atoms with E-state index < -0.39 is 5.97 Å². The van der Waals surface area contributed by atoms with Gasteiger partial charge in [0.2, 0.25) is 0 Å². The Morgan fingerprint density at radius 2 is 2.12 bits per heavy atom. The molecule has 4 nitrogen and oxygen atoms in total. The summed E-state index contributed by atoms with van der Waals surface area (Å²) in [7, 11) is -0.219. The molecule has 0 saturated heterocycles. The average molecular weight is 237 g/mol. The van der Waals surface area contributed by atoms with Crippen LogP contribution in [0.3, 0.4) is 0 Å². The Bertz CT molecular complexity index is 441. The summed E-state index contributed by atoms with van der Waals surface area (Å²) in [5, 5.41) is 11.3. The fraction of sp³-hybridized carbons (Fsp3) is 0.273. The standard InChI is InChI=1S/C11H12NO3P/c13-11(14)7-12-10(8-16-15)6-9-4-2-1-3-5-9/h1-5,10,12H,6-7H2,(H,13,14). The normalized spacial score (nSPS) is 11.5. The molecule has 0 aromatic heterocycles. The number of aliphatic carboxylic acids is 1. The predicted octanol–water partition coefficient (Wildman–Crippen LogP) is 1.52. The summed E-state index contributed by atoms with van der Waals surface area (Å²) in [6, 6.07) is 9.24. The summed E-state index contributed by atoms with van der Waals surface area (Å²) >= 11 is 0. The van der Waals surface area contributed by atoms with Crippen LogP contribution in [0.1, 0.15) is 5.56 Å². The quantitative estimate of drug-likeness (QED) is 0.762. The molecule has 84 valence electrons. The van der Waals surface area contributed by atoms with Crippen molar-refractivity contribution in [1.82, 2.24) is 5.32 Å². The molecule has 0 fully saturated rings. The van der Waals surface area contributed by atoms with Crippen LogP contribution < -0.4 is 5.32 Å². The van der Waals surface area contributed by atoms with Crippen LogP contribution in [0.2, 0.25) is 0 Å².